The molecule has 0 bridgehead atoms. The number of ketones is 1. The molecule has 158 valence electrons. The minimum absolute atomic E-state index is 0.000599. The highest BCUT2D eigenvalue weighted by Crippen LogP contribution is 2.46. The van der Waals surface area contributed by atoms with E-state index < -0.39 is 5.97 Å². The molecule has 0 radical (unpaired) electrons. The average molecular weight is 410 g/mol. The molecule has 0 spiro atoms. The summed E-state index contributed by atoms with van der Waals surface area (Å²) < 4.78 is 22.7. The minimum Gasteiger partial charge on any atom is -0.493 e. The lowest BCUT2D eigenvalue weighted by molar-refractivity contribution is -0.155. The van der Waals surface area contributed by atoms with Crippen molar-refractivity contribution in [2.45, 2.75) is 45.1 Å². The van der Waals surface area contributed by atoms with E-state index in [2.05, 4.69) is 0 Å². The van der Waals surface area contributed by atoms with E-state index in [1.54, 1.807) is 7.11 Å². The molecule has 6 nitrogen and oxygen atoms in total. The predicted octanol–water partition coefficient (Wildman–Crippen LogP) is 4.36. The van der Waals surface area contributed by atoms with Crippen molar-refractivity contribution in [3.8, 4) is 28.4 Å². The number of esters is 1. The lowest BCUT2D eigenvalue weighted by Gasteiger charge is -2.25. The number of hydrogen-bond acceptors (Lipinski definition) is 6. The van der Waals surface area contributed by atoms with Gasteiger partial charge in [0.05, 0.1) is 13.7 Å². The lowest BCUT2D eigenvalue weighted by atomic mass is 9.95. The van der Waals surface area contributed by atoms with Crippen LogP contribution in [0.2, 0.25) is 0 Å². The Morgan fingerprint density at radius 1 is 1.00 bits per heavy atom. The van der Waals surface area contributed by atoms with Crippen molar-refractivity contribution in [2.24, 2.45) is 0 Å². The zero-order chi connectivity index (χ0) is 21.1. The fourth-order valence-electron chi connectivity index (χ4n) is 3.92. The molecule has 0 atom stereocenters. The molecule has 6 heteroatoms. The molecule has 2 aromatic rings. The summed E-state index contributed by atoms with van der Waals surface area (Å²) in [7, 11) is 1.56. The fraction of sp³-hybridized carbons (Fsp3) is 0.417. The summed E-state index contributed by atoms with van der Waals surface area (Å²) in [4.78, 5) is 24.5. The molecule has 0 unspecified atom stereocenters. The number of ether oxygens (including phenoxy) is 4. The second-order valence-corrected chi connectivity index (χ2v) is 7.49. The zero-order valence-electron chi connectivity index (χ0n) is 17.4. The van der Waals surface area contributed by atoms with Crippen LogP contribution in [0.15, 0.2) is 30.3 Å². The van der Waals surface area contributed by atoms with Crippen LogP contribution in [0.1, 0.15) is 48.5 Å². The summed E-state index contributed by atoms with van der Waals surface area (Å²) in [6.07, 6.45) is 4.09. The van der Waals surface area contributed by atoms with Crippen LogP contribution in [0.25, 0.3) is 11.1 Å². The molecule has 30 heavy (non-hydrogen) atoms. The van der Waals surface area contributed by atoms with Crippen molar-refractivity contribution in [1.29, 1.82) is 0 Å². The second kappa shape index (κ2) is 8.78. The van der Waals surface area contributed by atoms with Gasteiger partial charge in [0.25, 0.3) is 0 Å². The summed E-state index contributed by atoms with van der Waals surface area (Å²) in [6.45, 7) is 2.07. The van der Waals surface area contributed by atoms with Gasteiger partial charge in [0.1, 0.15) is 6.10 Å². The van der Waals surface area contributed by atoms with Gasteiger partial charge < -0.3 is 18.9 Å². The van der Waals surface area contributed by atoms with Crippen molar-refractivity contribution in [3.63, 3.8) is 0 Å². The Labute approximate surface area is 176 Å². The third-order valence-corrected chi connectivity index (χ3v) is 5.64. The van der Waals surface area contributed by atoms with Crippen LogP contribution in [-0.2, 0) is 16.0 Å². The van der Waals surface area contributed by atoms with E-state index in [0.717, 1.165) is 41.5 Å². The summed E-state index contributed by atoms with van der Waals surface area (Å²) in [5.41, 5.74) is 3.42. The molecule has 2 aliphatic rings. The normalized spacial score (nSPS) is 15.3. The number of benzene rings is 2. The molecule has 4 rings (SSSR count). The highest BCUT2D eigenvalue weighted by Gasteiger charge is 2.27. The fourth-order valence-corrected chi connectivity index (χ4v) is 3.92. The molecule has 1 saturated carbocycles. The van der Waals surface area contributed by atoms with Gasteiger partial charge in [-0.25, -0.2) is 4.79 Å². The van der Waals surface area contributed by atoms with Crippen LogP contribution >= 0.6 is 0 Å². The Balaban J connectivity index is 1.72. The van der Waals surface area contributed by atoms with Gasteiger partial charge >= 0.3 is 5.97 Å². The third-order valence-electron chi connectivity index (χ3n) is 5.64. The number of fused-ring (bicyclic) bond motifs is 1. The molecule has 0 N–H and O–H groups in total. The van der Waals surface area contributed by atoms with Gasteiger partial charge in [-0.2, -0.15) is 0 Å². The molecular weight excluding hydrogens is 384 g/mol. The lowest BCUT2D eigenvalue weighted by Crippen LogP contribution is -2.28. The maximum absolute atomic E-state index is 12.3. The van der Waals surface area contributed by atoms with Crippen LogP contribution in [0.5, 0.6) is 17.2 Å². The molecular formula is C24H26O6. The van der Waals surface area contributed by atoms with Gasteiger partial charge in [0.2, 0.25) is 5.75 Å². The van der Waals surface area contributed by atoms with Crippen LogP contribution in [0, 0.1) is 0 Å². The van der Waals surface area contributed by atoms with E-state index in [0.29, 0.717) is 36.7 Å². The molecule has 0 aromatic heterocycles. The highest BCUT2D eigenvalue weighted by atomic mass is 16.6. The number of methoxy groups -OCH3 is 1. The van der Waals surface area contributed by atoms with E-state index in [-0.39, 0.29) is 18.5 Å². The van der Waals surface area contributed by atoms with Crippen LogP contribution in [0.3, 0.4) is 0 Å². The van der Waals surface area contributed by atoms with Gasteiger partial charge in [-0.15, -0.1) is 0 Å². The van der Waals surface area contributed by atoms with Crippen molar-refractivity contribution >= 4 is 11.8 Å². The first-order valence-corrected chi connectivity index (χ1v) is 10.4. The van der Waals surface area contributed by atoms with E-state index >= 15 is 0 Å². The largest absolute Gasteiger partial charge is 0.493 e. The topological polar surface area (TPSA) is 71.1 Å². The Morgan fingerprint density at radius 3 is 2.50 bits per heavy atom. The monoisotopic (exact) mass is 410 g/mol. The van der Waals surface area contributed by atoms with E-state index in [4.69, 9.17) is 18.9 Å². The van der Waals surface area contributed by atoms with Crippen LogP contribution < -0.4 is 14.2 Å². The first-order valence-electron chi connectivity index (χ1n) is 10.4. The summed E-state index contributed by atoms with van der Waals surface area (Å²) in [6, 6.07) is 9.39. The number of rotatable bonds is 8. The second-order valence-electron chi connectivity index (χ2n) is 7.49. The number of hydrogen-bond donors (Lipinski definition) is 0. The SMILES string of the molecule is CCOc1c(OC)ccc(-c2cccc3c2CCC3=O)c1OCC(=O)OC1CCC1. The molecule has 0 heterocycles. The van der Waals surface area contributed by atoms with Crippen LogP contribution in [-0.4, -0.2) is 38.2 Å². The summed E-state index contributed by atoms with van der Waals surface area (Å²) in [5, 5.41) is 0. The van der Waals surface area contributed by atoms with Gasteiger partial charge in [-0.05, 0) is 55.9 Å². The number of Topliss-reactive ketones (excluding diaryl/α,β-unsaturated/α-hetero) is 1. The highest BCUT2D eigenvalue weighted by molar-refractivity contribution is 6.02. The Kier molecular flexibility index (Phi) is 5.93. The van der Waals surface area contributed by atoms with Crippen molar-refractivity contribution in [2.75, 3.05) is 20.3 Å². The van der Waals surface area contributed by atoms with Crippen molar-refractivity contribution in [3.05, 3.63) is 41.5 Å². The van der Waals surface area contributed by atoms with Gasteiger partial charge in [0, 0.05) is 17.5 Å². The van der Waals surface area contributed by atoms with Crippen LogP contribution in [0.4, 0.5) is 0 Å². The first kappa shape index (κ1) is 20.3. The van der Waals surface area contributed by atoms with E-state index in [9.17, 15) is 9.59 Å². The smallest absolute Gasteiger partial charge is 0.344 e. The first-order chi connectivity index (χ1) is 14.6. The predicted molar refractivity (Wildman–Crippen MR) is 111 cm³/mol. The zero-order valence-corrected chi connectivity index (χ0v) is 17.4. The Hall–Kier alpha value is -3.02. The Morgan fingerprint density at radius 2 is 1.80 bits per heavy atom. The van der Waals surface area contributed by atoms with Crippen molar-refractivity contribution in [1.82, 2.24) is 0 Å². The Bertz CT molecular complexity index is 960. The van der Waals surface area contributed by atoms with Gasteiger partial charge in [0.15, 0.2) is 23.9 Å². The van der Waals surface area contributed by atoms with Gasteiger partial charge in [-0.3, -0.25) is 4.79 Å². The third kappa shape index (κ3) is 3.86. The van der Waals surface area contributed by atoms with E-state index in [1.165, 1.54) is 0 Å². The molecule has 1 fully saturated rings. The molecule has 0 saturated heterocycles. The maximum Gasteiger partial charge on any atom is 0.344 e. The standard InChI is InChI=1S/C24H26O6/c1-3-28-24-21(27-2)13-11-19(16-8-5-9-18-17(16)10-12-20(18)25)23(24)29-14-22(26)30-15-6-4-7-15/h5,8-9,11,13,15H,3-4,6-7,10,12,14H2,1-2H3. The molecule has 0 aliphatic heterocycles. The summed E-state index contributed by atoms with van der Waals surface area (Å²) in [5.74, 6) is 1.14. The quantitative estimate of drug-likeness (QED) is 0.602. The molecule has 2 aromatic carbocycles. The summed E-state index contributed by atoms with van der Waals surface area (Å²) >= 11 is 0. The van der Waals surface area contributed by atoms with E-state index in [1.807, 2.05) is 37.3 Å². The average Bonchev–Trinajstić information content (AvgIpc) is 3.11. The number of carbonyl (C=O) groups is 2. The minimum atomic E-state index is -0.399. The molecule has 0 amide bonds. The molecule has 2 aliphatic carbocycles. The number of carbonyl (C=O) groups excluding carboxylic acids is 2. The maximum atomic E-state index is 12.3. The van der Waals surface area contributed by atoms with Crippen molar-refractivity contribution < 1.29 is 28.5 Å². The van der Waals surface area contributed by atoms with Gasteiger partial charge in [-0.1, -0.05) is 18.2 Å².